The lowest BCUT2D eigenvalue weighted by Crippen LogP contribution is -2.52. The fourth-order valence-corrected chi connectivity index (χ4v) is 3.11. The van der Waals surface area contributed by atoms with Gasteiger partial charge >= 0.3 is 5.97 Å². The van der Waals surface area contributed by atoms with E-state index in [2.05, 4.69) is 21.2 Å². The van der Waals surface area contributed by atoms with E-state index in [0.29, 0.717) is 4.47 Å². The molecule has 0 bridgehead atoms. The van der Waals surface area contributed by atoms with Crippen LogP contribution in [0.2, 0.25) is 0 Å². The van der Waals surface area contributed by atoms with Crippen LogP contribution in [0.1, 0.15) is 20.8 Å². The second-order valence-corrected chi connectivity index (χ2v) is 8.42. The van der Waals surface area contributed by atoms with Gasteiger partial charge in [-0.25, -0.2) is 8.42 Å². The zero-order chi connectivity index (χ0) is 16.4. The number of hydrogen-bond donors (Lipinski definition) is 2. The van der Waals surface area contributed by atoms with Crippen LogP contribution in [0.3, 0.4) is 0 Å². The molecule has 8 heteroatoms. The van der Waals surface area contributed by atoms with Crippen LogP contribution in [0.4, 0.5) is 0 Å². The normalized spacial score (nSPS) is 13.5. The second kappa shape index (κ2) is 6.15. The monoisotopic (exact) mass is 377 g/mol. The van der Waals surface area contributed by atoms with Gasteiger partial charge in [-0.3, -0.25) is 9.59 Å². The molecular weight excluding hydrogens is 362 g/mol. The molecule has 0 radical (unpaired) electrons. The first-order chi connectivity index (χ1) is 9.50. The van der Waals surface area contributed by atoms with Crippen LogP contribution in [0, 0.1) is 0 Å². The lowest BCUT2D eigenvalue weighted by Gasteiger charge is -2.25. The second-order valence-electron chi connectivity index (χ2n) is 5.00. The Morgan fingerprint density at radius 2 is 1.71 bits per heavy atom. The molecule has 0 aliphatic carbocycles. The number of hydrogen-bond acceptors (Lipinski definition) is 4. The number of benzene rings is 1. The highest BCUT2D eigenvalue weighted by Gasteiger charge is 2.43. The van der Waals surface area contributed by atoms with Crippen molar-refractivity contribution in [1.82, 2.24) is 5.32 Å². The van der Waals surface area contributed by atoms with Crippen molar-refractivity contribution in [2.75, 3.05) is 0 Å². The minimum absolute atomic E-state index is 0.00571. The first-order valence-electron chi connectivity index (χ1n) is 6.04. The Morgan fingerprint density at radius 1 is 1.24 bits per heavy atom. The summed E-state index contributed by atoms with van der Waals surface area (Å²) in [4.78, 5) is 22.8. The minimum atomic E-state index is -3.95. The molecule has 0 aromatic heterocycles. The van der Waals surface area contributed by atoms with E-state index in [-0.39, 0.29) is 4.90 Å². The van der Waals surface area contributed by atoms with E-state index in [0.717, 1.165) is 0 Å². The topological polar surface area (TPSA) is 101 Å². The molecule has 0 fully saturated rings. The van der Waals surface area contributed by atoms with Crippen LogP contribution in [0.5, 0.6) is 0 Å². The maximum absolute atomic E-state index is 12.5. The number of carbonyl (C=O) groups excluding carboxylic acids is 1. The van der Waals surface area contributed by atoms with Crippen LogP contribution >= 0.6 is 15.9 Å². The molecule has 1 rings (SSSR count). The molecule has 0 saturated carbocycles. The van der Waals surface area contributed by atoms with E-state index in [1.54, 1.807) is 12.1 Å². The standard InChI is InChI=1S/C13H16BrNO5S/c1-8(11(16)17)15-12(18)13(2,3)21(19,20)10-6-4-9(14)5-7-10/h4-8H,1-3H3,(H,15,18)(H,16,17)/t8-/m0/s1. The lowest BCUT2D eigenvalue weighted by atomic mass is 10.2. The van der Waals surface area contributed by atoms with Gasteiger partial charge in [-0.1, -0.05) is 15.9 Å². The van der Waals surface area contributed by atoms with Gasteiger partial charge in [0.05, 0.1) is 4.90 Å². The van der Waals surface area contributed by atoms with Crippen molar-refractivity contribution >= 4 is 37.6 Å². The Kier molecular flexibility index (Phi) is 5.16. The van der Waals surface area contributed by atoms with Crippen LogP contribution in [-0.2, 0) is 19.4 Å². The quantitative estimate of drug-likeness (QED) is 0.811. The molecule has 1 atom stereocenters. The van der Waals surface area contributed by atoms with Gasteiger partial charge in [0.1, 0.15) is 10.8 Å². The van der Waals surface area contributed by atoms with Crippen molar-refractivity contribution in [3.63, 3.8) is 0 Å². The smallest absolute Gasteiger partial charge is 0.325 e. The Balaban J connectivity index is 3.13. The predicted molar refractivity (Wildman–Crippen MR) is 80.6 cm³/mol. The Labute approximate surface area is 131 Å². The fourth-order valence-electron chi connectivity index (χ4n) is 1.46. The summed E-state index contributed by atoms with van der Waals surface area (Å²) in [5.74, 6) is -2.10. The summed E-state index contributed by atoms with van der Waals surface area (Å²) in [6.45, 7) is 3.76. The van der Waals surface area contributed by atoms with E-state index in [9.17, 15) is 18.0 Å². The van der Waals surface area contributed by atoms with Gasteiger partial charge in [-0.2, -0.15) is 0 Å². The number of rotatable bonds is 5. The molecule has 21 heavy (non-hydrogen) atoms. The van der Waals surface area contributed by atoms with Gasteiger partial charge < -0.3 is 10.4 Å². The van der Waals surface area contributed by atoms with E-state index in [4.69, 9.17) is 5.11 Å². The maximum Gasteiger partial charge on any atom is 0.325 e. The van der Waals surface area contributed by atoms with E-state index in [1.165, 1.54) is 32.9 Å². The van der Waals surface area contributed by atoms with Crippen molar-refractivity contribution in [1.29, 1.82) is 0 Å². The Hall–Kier alpha value is -1.41. The number of aliphatic carboxylic acids is 1. The minimum Gasteiger partial charge on any atom is -0.480 e. The zero-order valence-corrected chi connectivity index (χ0v) is 14.2. The van der Waals surface area contributed by atoms with Gasteiger partial charge in [0.25, 0.3) is 0 Å². The average molecular weight is 378 g/mol. The first kappa shape index (κ1) is 17.6. The summed E-state index contributed by atoms with van der Waals surface area (Å²) < 4.78 is 24.0. The van der Waals surface area contributed by atoms with Crippen LogP contribution in [0.25, 0.3) is 0 Å². The zero-order valence-electron chi connectivity index (χ0n) is 11.8. The molecule has 0 aliphatic rings. The van der Waals surface area contributed by atoms with Gasteiger partial charge in [0.15, 0.2) is 9.84 Å². The highest BCUT2D eigenvalue weighted by Crippen LogP contribution is 2.26. The largest absolute Gasteiger partial charge is 0.480 e. The number of nitrogens with one attached hydrogen (secondary N) is 1. The molecule has 0 heterocycles. The third-order valence-corrected chi connectivity index (χ3v) is 6.01. The molecule has 2 N–H and O–H groups in total. The SMILES string of the molecule is C[C@H](NC(=O)C(C)(C)S(=O)(=O)c1ccc(Br)cc1)C(=O)O. The number of amides is 1. The molecule has 1 aromatic rings. The number of carboxylic acid groups (broad SMARTS) is 1. The molecular formula is C13H16BrNO5S. The van der Waals surface area contributed by atoms with Crippen molar-refractivity contribution < 1.29 is 23.1 Å². The van der Waals surface area contributed by atoms with Gasteiger partial charge in [-0.15, -0.1) is 0 Å². The number of halogens is 1. The van der Waals surface area contributed by atoms with Gasteiger partial charge in [-0.05, 0) is 45.0 Å². The molecule has 0 saturated heterocycles. The predicted octanol–water partition coefficient (Wildman–Crippen LogP) is 1.59. The number of sulfone groups is 1. The Morgan fingerprint density at radius 3 is 2.14 bits per heavy atom. The van der Waals surface area contributed by atoms with Crippen LogP contribution in [0.15, 0.2) is 33.6 Å². The van der Waals surface area contributed by atoms with E-state index < -0.39 is 32.5 Å². The van der Waals surface area contributed by atoms with E-state index >= 15 is 0 Å². The highest BCUT2D eigenvalue weighted by molar-refractivity contribution is 9.10. The van der Waals surface area contributed by atoms with Gasteiger partial charge in [0, 0.05) is 4.47 Å². The van der Waals surface area contributed by atoms with Crippen molar-refractivity contribution in [3.8, 4) is 0 Å². The summed E-state index contributed by atoms with van der Waals surface area (Å²) >= 11 is 3.20. The highest BCUT2D eigenvalue weighted by atomic mass is 79.9. The van der Waals surface area contributed by atoms with E-state index in [1.807, 2.05) is 0 Å². The molecule has 1 aromatic carbocycles. The maximum atomic E-state index is 12.5. The van der Waals surface area contributed by atoms with Crippen molar-refractivity contribution in [2.45, 2.75) is 36.5 Å². The van der Waals surface area contributed by atoms with Crippen LogP contribution in [-0.4, -0.2) is 36.2 Å². The Bertz CT molecular complexity index is 652. The molecule has 6 nitrogen and oxygen atoms in total. The van der Waals surface area contributed by atoms with Crippen LogP contribution < -0.4 is 5.32 Å². The summed E-state index contributed by atoms with van der Waals surface area (Å²) in [5.41, 5.74) is 0. The molecule has 0 unspecified atom stereocenters. The molecule has 116 valence electrons. The molecule has 0 spiro atoms. The number of carboxylic acids is 1. The summed E-state index contributed by atoms with van der Waals surface area (Å²) in [6.07, 6.45) is 0. The van der Waals surface area contributed by atoms with Gasteiger partial charge in [0.2, 0.25) is 5.91 Å². The van der Waals surface area contributed by atoms with Crippen molar-refractivity contribution in [3.05, 3.63) is 28.7 Å². The third kappa shape index (κ3) is 3.62. The number of carbonyl (C=O) groups is 2. The van der Waals surface area contributed by atoms with Crippen molar-refractivity contribution in [2.24, 2.45) is 0 Å². The lowest BCUT2D eigenvalue weighted by molar-refractivity contribution is -0.141. The summed E-state index contributed by atoms with van der Waals surface area (Å²) in [6, 6.07) is 4.71. The third-order valence-electron chi connectivity index (χ3n) is 3.06. The average Bonchev–Trinajstić information content (AvgIpc) is 2.38. The summed E-state index contributed by atoms with van der Waals surface area (Å²) in [5, 5.41) is 11.0. The molecule has 0 aliphatic heterocycles. The summed E-state index contributed by atoms with van der Waals surface area (Å²) in [7, 11) is -3.95. The molecule has 1 amide bonds. The first-order valence-corrected chi connectivity index (χ1v) is 8.31. The fraction of sp³-hybridized carbons (Fsp3) is 0.385.